The van der Waals surface area contributed by atoms with Crippen molar-refractivity contribution in [2.45, 2.75) is 0 Å². The van der Waals surface area contributed by atoms with Crippen LogP contribution in [0.2, 0.25) is 0 Å². The Morgan fingerprint density at radius 3 is 1.68 bits per heavy atom. The lowest BCUT2D eigenvalue weighted by atomic mass is 9.98. The van der Waals surface area contributed by atoms with Gasteiger partial charge in [-0.1, -0.05) is 176 Å². The van der Waals surface area contributed by atoms with Crippen molar-refractivity contribution in [3.63, 3.8) is 0 Å². The first-order valence-corrected chi connectivity index (χ1v) is 19.5. The highest BCUT2D eigenvalue weighted by Gasteiger charge is 2.20. The molecule has 3 heterocycles. The summed E-state index contributed by atoms with van der Waals surface area (Å²) in [6.07, 6.45) is 0. The highest BCUT2D eigenvalue weighted by Crippen LogP contribution is 2.41. The van der Waals surface area contributed by atoms with Gasteiger partial charge in [-0.3, -0.25) is 0 Å². The molecule has 12 rings (SSSR count). The normalized spacial score (nSPS) is 14.9. The minimum absolute atomic E-state index is 0.00987. The third-order valence-electron chi connectivity index (χ3n) is 10.7. The number of rotatable bonds is 7. The molecule has 0 aliphatic carbocycles. The van der Waals surface area contributed by atoms with E-state index < -0.39 is 78.6 Å². The molecule has 0 spiro atoms. The van der Waals surface area contributed by atoms with Crippen LogP contribution in [0.4, 0.5) is 0 Å². The zero-order valence-corrected chi connectivity index (χ0v) is 32.2. The van der Waals surface area contributed by atoms with Crippen molar-refractivity contribution in [3.05, 3.63) is 212 Å². The van der Waals surface area contributed by atoms with Crippen LogP contribution in [0.15, 0.2) is 221 Å². The number of hydrogen-bond donors (Lipinski definition) is 0. The van der Waals surface area contributed by atoms with Gasteiger partial charge in [-0.25, -0.2) is 15.0 Å². The highest BCUT2D eigenvalue weighted by atomic mass is 16.3. The molecule has 0 saturated heterocycles. The molecular formula is C57H35N3O2. The molecule has 0 amide bonds. The van der Waals surface area contributed by atoms with Gasteiger partial charge in [0, 0.05) is 38.2 Å². The fourth-order valence-electron chi connectivity index (χ4n) is 7.70. The molecule has 12 aromatic rings. The predicted molar refractivity (Wildman–Crippen MR) is 252 cm³/mol. The summed E-state index contributed by atoms with van der Waals surface area (Å²) in [5.74, 6) is -0.0122. The van der Waals surface area contributed by atoms with E-state index in [4.69, 9.17) is 38.9 Å². The smallest absolute Gasteiger partial charge is 0.167 e. The Kier molecular flexibility index (Phi) is 5.55. The standard InChI is InChI=1S/C57H35N3O2/c1-4-13-36(14-5-1)38-25-27-40(28-26-38)55-58-56(60-57(59-55)49-24-12-23-48-47-22-11-21-45(53(47)62-54(48)49)39-17-8-3-9-18-39)44-29-31-46-50-34-43(30-32-51(50)61-52(46)35-44)42-20-10-19-41(33-42)37-15-6-2-7-16-37/h1-35H/i2D,3D,6D,7D,8D,9D,15D,16D,17D,18D,29D,31D,32D,34D,35D. The van der Waals surface area contributed by atoms with Gasteiger partial charge in [0.25, 0.3) is 0 Å². The quantitative estimate of drug-likeness (QED) is 0.160. The SMILES string of the molecule is [2H]c1c([2H])c([2H])c(-c2cccc(-c3cc([2H])c4oc5c([2H])c(-c6nc(-c7ccc(-c8ccccc8)cc7)nc(-c7cccc8c7oc7c(-c9c([2H])c([2H])c([2H])c([2H])c9[2H])cccc78)n6)c([2H])c([2H])c5c4c3[2H])c2)c([2H])c1[2H]. The maximum absolute atomic E-state index is 9.69. The summed E-state index contributed by atoms with van der Waals surface area (Å²) >= 11 is 0. The molecule has 0 bridgehead atoms. The number of hydrogen-bond acceptors (Lipinski definition) is 5. The summed E-state index contributed by atoms with van der Waals surface area (Å²) in [7, 11) is 0. The molecule has 62 heavy (non-hydrogen) atoms. The maximum Gasteiger partial charge on any atom is 0.167 e. The molecular weight excluding hydrogens is 759 g/mol. The molecule has 5 nitrogen and oxygen atoms in total. The van der Waals surface area contributed by atoms with E-state index in [0.717, 1.165) is 11.1 Å². The van der Waals surface area contributed by atoms with E-state index in [0.29, 0.717) is 27.5 Å². The highest BCUT2D eigenvalue weighted by molar-refractivity contribution is 6.13. The maximum atomic E-state index is 9.69. The largest absolute Gasteiger partial charge is 0.456 e. The third kappa shape index (κ3) is 6.23. The Hall–Kier alpha value is -8.41. The molecule has 0 aliphatic rings. The van der Waals surface area contributed by atoms with Crippen molar-refractivity contribution in [1.29, 1.82) is 0 Å². The first kappa shape index (κ1) is 23.4. The van der Waals surface area contributed by atoms with E-state index in [1.165, 1.54) is 6.07 Å². The van der Waals surface area contributed by atoms with Crippen molar-refractivity contribution < 1.29 is 29.4 Å². The van der Waals surface area contributed by atoms with Gasteiger partial charge in [0.05, 0.1) is 26.1 Å². The van der Waals surface area contributed by atoms with Crippen molar-refractivity contribution in [2.75, 3.05) is 0 Å². The predicted octanol–water partition coefficient (Wildman–Crippen LogP) is 15.3. The Labute approximate surface area is 378 Å². The molecule has 0 aliphatic heterocycles. The van der Waals surface area contributed by atoms with Gasteiger partial charge >= 0.3 is 0 Å². The first-order valence-electron chi connectivity index (χ1n) is 27.0. The van der Waals surface area contributed by atoms with E-state index in [9.17, 15) is 5.48 Å². The van der Waals surface area contributed by atoms with Crippen molar-refractivity contribution in [2.24, 2.45) is 0 Å². The zero-order chi connectivity index (χ0) is 54.0. The summed E-state index contributed by atoms with van der Waals surface area (Å²) < 4.78 is 144. The monoisotopic (exact) mass is 808 g/mol. The minimum atomic E-state index is -0.541. The van der Waals surface area contributed by atoms with Gasteiger partial charge in [-0.05, 0) is 75.2 Å². The van der Waals surface area contributed by atoms with Crippen molar-refractivity contribution in [1.82, 2.24) is 15.0 Å². The van der Waals surface area contributed by atoms with E-state index in [-0.39, 0.29) is 96.0 Å². The molecule has 0 fully saturated rings. The van der Waals surface area contributed by atoms with Crippen LogP contribution in [-0.2, 0) is 0 Å². The summed E-state index contributed by atoms with van der Waals surface area (Å²) in [5, 5.41) is 1.07. The Morgan fingerprint density at radius 1 is 0.323 bits per heavy atom. The Bertz CT molecular complexity index is 4460. The number of nitrogens with zero attached hydrogens (tertiary/aromatic N) is 3. The van der Waals surface area contributed by atoms with Gasteiger partial charge < -0.3 is 8.83 Å². The van der Waals surface area contributed by atoms with Crippen LogP contribution < -0.4 is 0 Å². The molecule has 5 heteroatoms. The van der Waals surface area contributed by atoms with E-state index in [2.05, 4.69) is 0 Å². The summed E-state index contributed by atoms with van der Waals surface area (Å²) in [4.78, 5) is 14.7. The lowest BCUT2D eigenvalue weighted by Gasteiger charge is -2.09. The third-order valence-corrected chi connectivity index (χ3v) is 10.7. The summed E-state index contributed by atoms with van der Waals surface area (Å²) in [6, 6.07) is 28.8. The first-order chi connectivity index (χ1) is 36.9. The fraction of sp³-hybridized carbons (Fsp3) is 0. The van der Waals surface area contributed by atoms with E-state index in [1.807, 2.05) is 54.6 Å². The van der Waals surface area contributed by atoms with Crippen molar-refractivity contribution >= 4 is 43.9 Å². The molecule has 9 aromatic carbocycles. The van der Waals surface area contributed by atoms with Crippen LogP contribution in [-0.4, -0.2) is 15.0 Å². The number of furan rings is 2. The van der Waals surface area contributed by atoms with Gasteiger partial charge in [-0.15, -0.1) is 0 Å². The van der Waals surface area contributed by atoms with Crippen LogP contribution in [0.25, 0.3) is 123 Å². The summed E-state index contributed by atoms with van der Waals surface area (Å²) in [5.41, 5.74) is 3.71. The second-order valence-electron chi connectivity index (χ2n) is 14.4. The van der Waals surface area contributed by atoms with Gasteiger partial charge in [0.2, 0.25) is 0 Å². The van der Waals surface area contributed by atoms with E-state index >= 15 is 0 Å². The minimum Gasteiger partial charge on any atom is -0.456 e. The average molecular weight is 809 g/mol. The number of para-hydroxylation sites is 2. The van der Waals surface area contributed by atoms with E-state index in [1.54, 1.807) is 60.7 Å². The molecule has 290 valence electrons. The van der Waals surface area contributed by atoms with Crippen LogP contribution in [0.1, 0.15) is 20.6 Å². The van der Waals surface area contributed by atoms with Crippen LogP contribution in [0, 0.1) is 0 Å². The molecule has 0 unspecified atom stereocenters. The molecule has 0 saturated carbocycles. The van der Waals surface area contributed by atoms with Gasteiger partial charge in [0.15, 0.2) is 17.5 Å². The molecule has 0 atom stereocenters. The Balaban J connectivity index is 1.06. The van der Waals surface area contributed by atoms with Gasteiger partial charge in [-0.2, -0.15) is 0 Å². The lowest BCUT2D eigenvalue weighted by Crippen LogP contribution is -2.00. The molecule has 0 N–H and O–H groups in total. The average Bonchev–Trinajstić information content (AvgIpc) is 4.07. The zero-order valence-electron chi connectivity index (χ0n) is 47.2. The molecule has 0 radical (unpaired) electrons. The van der Waals surface area contributed by atoms with Gasteiger partial charge in [0.1, 0.15) is 22.3 Å². The second-order valence-corrected chi connectivity index (χ2v) is 14.4. The van der Waals surface area contributed by atoms with Crippen LogP contribution in [0.5, 0.6) is 0 Å². The van der Waals surface area contributed by atoms with Crippen LogP contribution >= 0.6 is 0 Å². The topological polar surface area (TPSA) is 65.0 Å². The number of benzene rings is 9. The van der Waals surface area contributed by atoms with Crippen molar-refractivity contribution in [3.8, 4) is 78.7 Å². The number of aromatic nitrogens is 3. The lowest BCUT2D eigenvalue weighted by molar-refractivity contribution is 0.669. The summed E-state index contributed by atoms with van der Waals surface area (Å²) in [6.45, 7) is 0. The second kappa shape index (κ2) is 14.7. The number of fused-ring (bicyclic) bond motifs is 6. The van der Waals surface area contributed by atoms with Crippen LogP contribution in [0.3, 0.4) is 0 Å². The molecule has 3 aromatic heterocycles. The Morgan fingerprint density at radius 2 is 0.919 bits per heavy atom. The fourth-order valence-corrected chi connectivity index (χ4v) is 7.70.